The first-order chi connectivity index (χ1) is 14.8. The summed E-state index contributed by atoms with van der Waals surface area (Å²) in [6.45, 7) is 4.33. The molecule has 0 radical (unpaired) electrons. The van der Waals surface area contributed by atoms with E-state index < -0.39 is 22.0 Å². The molecule has 2 aliphatic rings. The lowest BCUT2D eigenvalue weighted by molar-refractivity contribution is -0.146. The van der Waals surface area contributed by atoms with Crippen molar-refractivity contribution in [3.05, 3.63) is 30.0 Å². The number of rotatable bonds is 5. The minimum absolute atomic E-state index is 0.0189. The topological polar surface area (TPSA) is 94.4 Å². The quantitative estimate of drug-likeness (QED) is 0.655. The molecular weight excluding hydrogens is 416 g/mol. The zero-order chi connectivity index (χ0) is 22.2. The van der Waals surface area contributed by atoms with E-state index in [1.165, 1.54) is 30.7 Å². The second-order valence-electron chi connectivity index (χ2n) is 8.83. The monoisotopic (exact) mass is 446 g/mol. The standard InChI is InChI=1S/C22H30N4O4S/c1-15(2)20(22(27)30-3)26-14-18-21(17-11-7-8-12-19(17)31(26,28)29)25(24-23-18)13-16-9-5-4-6-10-16/h7-8,11-12,15-16,20H,4-6,9-10,13-14H2,1-3H3/t20-/m0/s1. The summed E-state index contributed by atoms with van der Waals surface area (Å²) in [6.07, 6.45) is 6.01. The number of methoxy groups -OCH3 is 1. The first kappa shape index (κ1) is 22.0. The molecule has 4 rings (SSSR count). The van der Waals surface area contributed by atoms with Crippen molar-refractivity contribution in [2.45, 2.75) is 70.0 Å². The van der Waals surface area contributed by atoms with Crippen LogP contribution in [0.5, 0.6) is 0 Å². The van der Waals surface area contributed by atoms with E-state index in [1.807, 2.05) is 24.6 Å². The maximum atomic E-state index is 13.7. The average molecular weight is 447 g/mol. The minimum Gasteiger partial charge on any atom is -0.468 e. The Labute approximate surface area is 183 Å². The number of ether oxygens (including phenoxy) is 1. The van der Waals surface area contributed by atoms with Crippen molar-refractivity contribution >= 4 is 16.0 Å². The van der Waals surface area contributed by atoms with Gasteiger partial charge < -0.3 is 4.74 Å². The predicted molar refractivity (Wildman–Crippen MR) is 115 cm³/mol. The lowest BCUT2D eigenvalue weighted by Gasteiger charge is -2.30. The van der Waals surface area contributed by atoms with Gasteiger partial charge in [0.05, 0.1) is 24.2 Å². The molecule has 2 aromatic rings. The summed E-state index contributed by atoms with van der Waals surface area (Å²) in [5.74, 6) is -0.330. The number of sulfonamides is 1. The molecule has 0 amide bonds. The SMILES string of the molecule is COC(=O)[C@H](C(C)C)N1Cc2nnn(CC3CCCCC3)c2-c2ccccc2S1(=O)=O. The Morgan fingerprint density at radius 2 is 1.90 bits per heavy atom. The first-order valence-electron chi connectivity index (χ1n) is 11.0. The van der Waals surface area contributed by atoms with Crippen molar-refractivity contribution in [3.63, 3.8) is 0 Å². The van der Waals surface area contributed by atoms with Crippen molar-refractivity contribution in [1.29, 1.82) is 0 Å². The molecule has 31 heavy (non-hydrogen) atoms. The van der Waals surface area contributed by atoms with Crippen molar-refractivity contribution in [3.8, 4) is 11.3 Å². The largest absolute Gasteiger partial charge is 0.468 e. The molecule has 0 unspecified atom stereocenters. The molecule has 1 saturated carbocycles. The highest BCUT2D eigenvalue weighted by Gasteiger charge is 2.43. The van der Waals surface area contributed by atoms with Crippen LogP contribution < -0.4 is 0 Å². The van der Waals surface area contributed by atoms with Crippen LogP contribution in [-0.4, -0.2) is 46.8 Å². The summed E-state index contributed by atoms with van der Waals surface area (Å²) in [7, 11) is -2.67. The van der Waals surface area contributed by atoms with Gasteiger partial charge in [-0.2, -0.15) is 4.31 Å². The number of carbonyl (C=O) groups is 1. The van der Waals surface area contributed by atoms with E-state index in [0.717, 1.165) is 25.1 Å². The zero-order valence-electron chi connectivity index (χ0n) is 18.3. The molecule has 8 nitrogen and oxygen atoms in total. The third kappa shape index (κ3) is 4.01. The van der Waals surface area contributed by atoms with Crippen molar-refractivity contribution in [1.82, 2.24) is 19.3 Å². The summed E-state index contributed by atoms with van der Waals surface area (Å²) in [5, 5.41) is 8.79. The van der Waals surface area contributed by atoms with Gasteiger partial charge in [-0.1, -0.05) is 56.5 Å². The fourth-order valence-corrected chi connectivity index (χ4v) is 6.70. The van der Waals surface area contributed by atoms with Crippen molar-refractivity contribution in [2.24, 2.45) is 11.8 Å². The van der Waals surface area contributed by atoms with Gasteiger partial charge in [0.2, 0.25) is 10.0 Å². The second kappa shape index (κ2) is 8.70. The fourth-order valence-electron chi connectivity index (χ4n) is 4.83. The summed E-state index contributed by atoms with van der Waals surface area (Å²) in [4.78, 5) is 12.8. The number of carbonyl (C=O) groups excluding carboxylic acids is 1. The molecule has 0 spiro atoms. The number of benzene rings is 1. The molecule has 0 bridgehead atoms. The Morgan fingerprint density at radius 1 is 1.19 bits per heavy atom. The molecule has 1 aliphatic heterocycles. The third-order valence-corrected chi connectivity index (χ3v) is 8.27. The number of esters is 1. The van der Waals surface area contributed by atoms with Gasteiger partial charge >= 0.3 is 5.97 Å². The van der Waals surface area contributed by atoms with Crippen LogP contribution in [0, 0.1) is 11.8 Å². The molecule has 168 valence electrons. The van der Waals surface area contributed by atoms with Crippen LogP contribution in [0.25, 0.3) is 11.3 Å². The first-order valence-corrected chi connectivity index (χ1v) is 12.4. The van der Waals surface area contributed by atoms with Crippen molar-refractivity contribution < 1.29 is 17.9 Å². The van der Waals surface area contributed by atoms with E-state index in [4.69, 9.17) is 4.74 Å². The molecule has 0 N–H and O–H groups in total. The minimum atomic E-state index is -3.95. The molecule has 1 fully saturated rings. The zero-order valence-corrected chi connectivity index (χ0v) is 19.1. The number of hydrogen-bond donors (Lipinski definition) is 0. The van der Waals surface area contributed by atoms with Gasteiger partial charge in [-0.15, -0.1) is 5.10 Å². The second-order valence-corrected chi connectivity index (χ2v) is 10.7. The molecule has 1 aromatic carbocycles. The van der Waals surface area contributed by atoms with Crippen LogP contribution in [0.2, 0.25) is 0 Å². The van der Waals surface area contributed by atoms with Crippen LogP contribution in [0.3, 0.4) is 0 Å². The Bertz CT molecular complexity index is 1060. The van der Waals surface area contributed by atoms with E-state index in [9.17, 15) is 13.2 Å². The van der Waals surface area contributed by atoms with E-state index >= 15 is 0 Å². The predicted octanol–water partition coefficient (Wildman–Crippen LogP) is 3.23. The summed E-state index contributed by atoms with van der Waals surface area (Å²) in [6, 6.07) is 5.98. The number of fused-ring (bicyclic) bond motifs is 3. The van der Waals surface area contributed by atoms with E-state index in [0.29, 0.717) is 17.2 Å². The average Bonchev–Trinajstić information content (AvgIpc) is 3.11. The molecule has 0 saturated heterocycles. The van der Waals surface area contributed by atoms with Gasteiger partial charge in [-0.05, 0) is 30.7 Å². The molecule has 1 aromatic heterocycles. The maximum absolute atomic E-state index is 13.7. The number of hydrogen-bond acceptors (Lipinski definition) is 6. The van der Waals surface area contributed by atoms with E-state index in [-0.39, 0.29) is 17.4 Å². The van der Waals surface area contributed by atoms with Crippen LogP contribution in [0.1, 0.15) is 51.6 Å². The molecular formula is C22H30N4O4S. The van der Waals surface area contributed by atoms with E-state index in [1.54, 1.807) is 18.2 Å². The third-order valence-electron chi connectivity index (χ3n) is 6.38. The normalized spacial score (nSPS) is 20.0. The smallest absolute Gasteiger partial charge is 0.324 e. The molecule has 1 atom stereocenters. The van der Waals surface area contributed by atoms with Gasteiger partial charge in [0.15, 0.2) is 0 Å². The van der Waals surface area contributed by atoms with E-state index in [2.05, 4.69) is 10.3 Å². The number of nitrogens with zero attached hydrogens (tertiary/aromatic N) is 4. The van der Waals surface area contributed by atoms with Crippen LogP contribution in [0.4, 0.5) is 0 Å². The van der Waals surface area contributed by atoms with Crippen LogP contribution in [0.15, 0.2) is 29.2 Å². The fraction of sp³-hybridized carbons (Fsp3) is 0.591. The molecule has 9 heteroatoms. The van der Waals surface area contributed by atoms with Gasteiger partial charge in [-0.3, -0.25) is 4.79 Å². The van der Waals surface area contributed by atoms with Gasteiger partial charge in [0, 0.05) is 12.1 Å². The molecule has 2 heterocycles. The lowest BCUT2D eigenvalue weighted by atomic mass is 9.89. The Morgan fingerprint density at radius 3 is 2.58 bits per heavy atom. The van der Waals surface area contributed by atoms with Gasteiger partial charge in [0.1, 0.15) is 11.7 Å². The molecule has 1 aliphatic carbocycles. The lowest BCUT2D eigenvalue weighted by Crippen LogP contribution is -2.47. The van der Waals surface area contributed by atoms with Gasteiger partial charge in [-0.25, -0.2) is 13.1 Å². The van der Waals surface area contributed by atoms with Crippen LogP contribution in [-0.2, 0) is 32.6 Å². The van der Waals surface area contributed by atoms with Crippen LogP contribution >= 0.6 is 0 Å². The summed E-state index contributed by atoms with van der Waals surface area (Å²) in [5.41, 5.74) is 1.90. The number of aromatic nitrogens is 3. The highest BCUT2D eigenvalue weighted by molar-refractivity contribution is 7.89. The summed E-state index contributed by atoms with van der Waals surface area (Å²) < 4.78 is 35.5. The Hall–Kier alpha value is -2.26. The summed E-state index contributed by atoms with van der Waals surface area (Å²) >= 11 is 0. The van der Waals surface area contributed by atoms with Gasteiger partial charge in [0.25, 0.3) is 0 Å². The Balaban J connectivity index is 1.84. The maximum Gasteiger partial charge on any atom is 0.324 e. The highest BCUT2D eigenvalue weighted by atomic mass is 32.2. The van der Waals surface area contributed by atoms with Crippen molar-refractivity contribution in [2.75, 3.05) is 7.11 Å². The Kier molecular flexibility index (Phi) is 6.16. The highest BCUT2D eigenvalue weighted by Crippen LogP contribution is 2.38.